The number of carbonyl (C=O) groups is 2. The van der Waals surface area contributed by atoms with Gasteiger partial charge in [-0.1, -0.05) is 12.1 Å². The third kappa shape index (κ3) is 3.68. The lowest BCUT2D eigenvalue weighted by atomic mass is 9.70. The monoisotopic (exact) mass is 482 g/mol. The number of rotatable bonds is 7. The van der Waals surface area contributed by atoms with Crippen LogP contribution in [0.5, 0.6) is 23.0 Å². The van der Waals surface area contributed by atoms with Crippen LogP contribution in [0.4, 0.5) is 0 Å². The molecule has 0 saturated heterocycles. The zero-order chi connectivity index (χ0) is 25.3. The van der Waals surface area contributed by atoms with E-state index in [0.29, 0.717) is 45.4 Å². The molecule has 0 amide bonds. The van der Waals surface area contributed by atoms with Crippen LogP contribution in [0.3, 0.4) is 0 Å². The third-order valence-corrected chi connectivity index (χ3v) is 6.74. The minimum absolute atomic E-state index is 0.00204. The Balaban J connectivity index is 2.06. The van der Waals surface area contributed by atoms with Gasteiger partial charge in [0, 0.05) is 33.7 Å². The maximum atomic E-state index is 13.1. The molecule has 0 saturated carbocycles. The predicted molar refractivity (Wildman–Crippen MR) is 130 cm³/mol. The van der Waals surface area contributed by atoms with Gasteiger partial charge >= 0.3 is 11.9 Å². The van der Waals surface area contributed by atoms with Crippen molar-refractivity contribution in [1.29, 1.82) is 0 Å². The van der Waals surface area contributed by atoms with Gasteiger partial charge in [-0.2, -0.15) is 0 Å². The summed E-state index contributed by atoms with van der Waals surface area (Å²) < 4.78 is 27.8. The molecular weight excluding hydrogens is 452 g/mol. The Labute approximate surface area is 203 Å². The molecule has 186 valence electrons. The largest absolute Gasteiger partial charge is 0.507 e. The standard InChI is InChI=1S/C27H30O8/c1-6-34-25(29)27(26(30)35-7-2)12-11-16-19(14-27)24(33-5)21-18(23(16)32-4)13-17-15(22(21)28)9-8-10-20(17)31-3/h8-10,13,28H,6-7,11-12,14H2,1-5H3. The number of phenolic OH excluding ortho intramolecular Hbond substituents is 1. The molecule has 0 radical (unpaired) electrons. The lowest BCUT2D eigenvalue weighted by molar-refractivity contribution is -0.173. The van der Waals surface area contributed by atoms with Gasteiger partial charge in [0.05, 0.1) is 39.9 Å². The first kappa shape index (κ1) is 24.4. The summed E-state index contributed by atoms with van der Waals surface area (Å²) in [5, 5.41) is 13.8. The number of methoxy groups -OCH3 is 3. The highest BCUT2D eigenvalue weighted by Gasteiger charge is 2.52. The summed E-state index contributed by atoms with van der Waals surface area (Å²) in [5.41, 5.74) is -0.0859. The SMILES string of the molecule is CCOC(=O)C1(C(=O)OCC)CCc2c(c(OC)c3c(O)c4cccc(OC)c4cc3c2OC)C1. The van der Waals surface area contributed by atoms with E-state index in [1.54, 1.807) is 40.2 Å². The third-order valence-electron chi connectivity index (χ3n) is 6.74. The quantitative estimate of drug-likeness (QED) is 0.302. The molecule has 3 aromatic rings. The van der Waals surface area contributed by atoms with Crippen LogP contribution in [0.2, 0.25) is 0 Å². The summed E-state index contributed by atoms with van der Waals surface area (Å²) in [6, 6.07) is 7.31. The highest BCUT2D eigenvalue weighted by Crippen LogP contribution is 2.53. The van der Waals surface area contributed by atoms with Crippen LogP contribution in [0, 0.1) is 5.41 Å². The Morgan fingerprint density at radius 1 is 0.886 bits per heavy atom. The first-order valence-corrected chi connectivity index (χ1v) is 11.6. The molecule has 8 heteroatoms. The van der Waals surface area contributed by atoms with Gasteiger partial charge in [-0.3, -0.25) is 9.59 Å². The van der Waals surface area contributed by atoms with Crippen LogP contribution in [0.15, 0.2) is 24.3 Å². The van der Waals surface area contributed by atoms with Gasteiger partial charge in [-0.05, 0) is 38.8 Å². The predicted octanol–water partition coefficient (Wildman–Crippen LogP) is 4.33. The highest BCUT2D eigenvalue weighted by atomic mass is 16.6. The Bertz CT molecular complexity index is 1290. The lowest BCUT2D eigenvalue weighted by Gasteiger charge is -2.35. The van der Waals surface area contributed by atoms with Gasteiger partial charge in [-0.25, -0.2) is 0 Å². The van der Waals surface area contributed by atoms with E-state index in [2.05, 4.69) is 0 Å². The van der Waals surface area contributed by atoms with Gasteiger partial charge in [0.2, 0.25) is 0 Å². The summed E-state index contributed by atoms with van der Waals surface area (Å²) in [7, 11) is 4.64. The number of fused-ring (bicyclic) bond motifs is 3. The normalized spacial score (nSPS) is 14.3. The highest BCUT2D eigenvalue weighted by molar-refractivity contribution is 6.12. The van der Waals surface area contributed by atoms with Crippen molar-refractivity contribution in [2.45, 2.75) is 33.1 Å². The number of hydrogen-bond acceptors (Lipinski definition) is 8. The molecule has 3 aromatic carbocycles. The number of esters is 2. The Kier molecular flexibility index (Phi) is 6.65. The van der Waals surface area contributed by atoms with Crippen molar-refractivity contribution in [3.05, 3.63) is 35.4 Å². The molecule has 8 nitrogen and oxygen atoms in total. The Hall–Kier alpha value is -3.68. The zero-order valence-electron chi connectivity index (χ0n) is 20.6. The molecule has 0 bridgehead atoms. The molecule has 1 aliphatic rings. The van der Waals surface area contributed by atoms with E-state index < -0.39 is 17.4 Å². The smallest absolute Gasteiger partial charge is 0.323 e. The van der Waals surface area contributed by atoms with E-state index in [1.807, 2.05) is 12.1 Å². The van der Waals surface area contributed by atoms with E-state index in [9.17, 15) is 14.7 Å². The van der Waals surface area contributed by atoms with Crippen LogP contribution in [-0.4, -0.2) is 51.6 Å². The van der Waals surface area contributed by atoms with Crippen molar-refractivity contribution >= 4 is 33.5 Å². The Morgan fingerprint density at radius 3 is 2.11 bits per heavy atom. The molecule has 4 rings (SSSR count). The second-order valence-corrected chi connectivity index (χ2v) is 8.43. The van der Waals surface area contributed by atoms with Gasteiger partial charge in [0.15, 0.2) is 5.41 Å². The van der Waals surface area contributed by atoms with Crippen molar-refractivity contribution in [3.8, 4) is 23.0 Å². The number of aromatic hydroxyl groups is 1. The average molecular weight is 483 g/mol. The first-order chi connectivity index (χ1) is 16.9. The summed E-state index contributed by atoms with van der Waals surface area (Å²) in [6.07, 6.45) is 0.559. The van der Waals surface area contributed by atoms with Gasteiger partial charge in [0.1, 0.15) is 23.0 Å². The number of ether oxygens (including phenoxy) is 5. The topological polar surface area (TPSA) is 101 Å². The van der Waals surface area contributed by atoms with E-state index in [4.69, 9.17) is 23.7 Å². The summed E-state index contributed by atoms with van der Waals surface area (Å²) in [6.45, 7) is 3.67. The van der Waals surface area contributed by atoms with E-state index >= 15 is 0 Å². The van der Waals surface area contributed by atoms with Crippen LogP contribution in [0.25, 0.3) is 21.5 Å². The number of carbonyl (C=O) groups excluding carboxylic acids is 2. The fraction of sp³-hybridized carbons (Fsp3) is 0.407. The fourth-order valence-electron chi connectivity index (χ4n) is 5.16. The molecule has 0 fully saturated rings. The van der Waals surface area contributed by atoms with Crippen molar-refractivity contribution in [1.82, 2.24) is 0 Å². The van der Waals surface area contributed by atoms with Gasteiger partial charge in [-0.15, -0.1) is 0 Å². The van der Waals surface area contributed by atoms with Crippen molar-refractivity contribution < 1.29 is 38.4 Å². The molecule has 0 spiro atoms. The van der Waals surface area contributed by atoms with Crippen LogP contribution < -0.4 is 14.2 Å². The molecule has 0 unspecified atom stereocenters. The molecule has 1 N–H and O–H groups in total. The molecular formula is C27H30O8. The Morgan fingerprint density at radius 2 is 1.54 bits per heavy atom. The van der Waals surface area contributed by atoms with Crippen LogP contribution in [-0.2, 0) is 31.9 Å². The van der Waals surface area contributed by atoms with Gasteiger partial charge in [0.25, 0.3) is 0 Å². The van der Waals surface area contributed by atoms with Crippen molar-refractivity contribution in [2.24, 2.45) is 5.41 Å². The number of benzene rings is 3. The maximum absolute atomic E-state index is 13.1. The maximum Gasteiger partial charge on any atom is 0.323 e. The van der Waals surface area contributed by atoms with Crippen molar-refractivity contribution in [2.75, 3.05) is 34.5 Å². The zero-order valence-corrected chi connectivity index (χ0v) is 20.6. The molecule has 0 atom stereocenters. The van der Waals surface area contributed by atoms with Crippen LogP contribution in [0.1, 0.15) is 31.4 Å². The molecule has 0 aliphatic heterocycles. The van der Waals surface area contributed by atoms with E-state index in [-0.39, 0.29) is 31.8 Å². The van der Waals surface area contributed by atoms with E-state index in [0.717, 1.165) is 10.9 Å². The summed E-state index contributed by atoms with van der Waals surface area (Å²) in [4.78, 5) is 26.2. The molecule has 0 aromatic heterocycles. The second kappa shape index (κ2) is 9.52. The number of phenols is 1. The van der Waals surface area contributed by atoms with Gasteiger partial charge < -0.3 is 28.8 Å². The minimum atomic E-state index is -1.51. The first-order valence-electron chi connectivity index (χ1n) is 11.6. The average Bonchev–Trinajstić information content (AvgIpc) is 2.87. The molecule has 35 heavy (non-hydrogen) atoms. The lowest BCUT2D eigenvalue weighted by Crippen LogP contribution is -2.46. The van der Waals surface area contributed by atoms with E-state index in [1.165, 1.54) is 7.11 Å². The minimum Gasteiger partial charge on any atom is -0.507 e. The summed E-state index contributed by atoms with van der Waals surface area (Å²) in [5.74, 6) is 0.297. The second-order valence-electron chi connectivity index (χ2n) is 8.43. The number of hydrogen-bond donors (Lipinski definition) is 1. The summed E-state index contributed by atoms with van der Waals surface area (Å²) >= 11 is 0. The molecule has 0 heterocycles. The molecule has 1 aliphatic carbocycles. The van der Waals surface area contributed by atoms with Crippen LogP contribution >= 0.6 is 0 Å². The van der Waals surface area contributed by atoms with Crippen molar-refractivity contribution in [3.63, 3.8) is 0 Å². The fourth-order valence-corrected chi connectivity index (χ4v) is 5.16.